The first-order chi connectivity index (χ1) is 9.16. The van der Waals surface area contributed by atoms with Gasteiger partial charge in [-0.1, -0.05) is 19.8 Å². The van der Waals surface area contributed by atoms with E-state index in [9.17, 15) is 4.79 Å². The summed E-state index contributed by atoms with van der Waals surface area (Å²) >= 11 is 1.35. The van der Waals surface area contributed by atoms with E-state index in [1.165, 1.54) is 30.6 Å². The molecule has 1 aliphatic carbocycles. The van der Waals surface area contributed by atoms with Crippen LogP contribution >= 0.6 is 11.3 Å². The van der Waals surface area contributed by atoms with Crippen LogP contribution in [0.2, 0.25) is 0 Å². The monoisotopic (exact) mass is 279 g/mol. The van der Waals surface area contributed by atoms with Gasteiger partial charge in [-0.05, 0) is 31.1 Å². The Kier molecular flexibility index (Phi) is 3.48. The summed E-state index contributed by atoms with van der Waals surface area (Å²) in [5.41, 5.74) is 6.17. The Bertz CT molecular complexity index is 473. The van der Waals surface area contributed by atoms with Crippen molar-refractivity contribution in [1.29, 1.82) is 0 Å². The van der Waals surface area contributed by atoms with E-state index in [-0.39, 0.29) is 5.91 Å². The third-order valence-electron chi connectivity index (χ3n) is 4.74. The molecule has 3 rings (SSSR count). The zero-order valence-electron chi connectivity index (χ0n) is 11.3. The van der Waals surface area contributed by atoms with Gasteiger partial charge < -0.3 is 10.6 Å². The van der Waals surface area contributed by atoms with Gasteiger partial charge in [0.1, 0.15) is 5.69 Å². The van der Waals surface area contributed by atoms with E-state index in [4.69, 9.17) is 5.73 Å². The molecule has 0 spiro atoms. The molecule has 2 N–H and O–H groups in total. The summed E-state index contributed by atoms with van der Waals surface area (Å²) in [6.45, 7) is 3.21. The van der Waals surface area contributed by atoms with Crippen molar-refractivity contribution in [3.05, 3.63) is 11.1 Å². The first kappa shape index (κ1) is 12.9. The van der Waals surface area contributed by atoms with Crippen LogP contribution < -0.4 is 5.73 Å². The van der Waals surface area contributed by atoms with Gasteiger partial charge in [0.15, 0.2) is 5.13 Å². The number of nitrogens with two attached hydrogens (primary N) is 1. The molecule has 5 heteroatoms. The Morgan fingerprint density at radius 3 is 2.95 bits per heavy atom. The van der Waals surface area contributed by atoms with Crippen LogP contribution in [0.1, 0.15) is 49.5 Å². The van der Waals surface area contributed by atoms with E-state index in [1.54, 1.807) is 5.38 Å². The van der Waals surface area contributed by atoms with Gasteiger partial charge in [-0.2, -0.15) is 0 Å². The van der Waals surface area contributed by atoms with Crippen molar-refractivity contribution in [1.82, 2.24) is 9.88 Å². The third kappa shape index (κ3) is 2.36. The zero-order chi connectivity index (χ0) is 13.4. The molecular weight excluding hydrogens is 258 g/mol. The maximum Gasteiger partial charge on any atom is 0.273 e. The summed E-state index contributed by atoms with van der Waals surface area (Å²) in [6, 6.07) is 0.424. The average Bonchev–Trinajstić information content (AvgIpc) is 2.86. The standard InChI is InChI=1S/C14H21N3OS/c1-9-6-7-17(12-5-3-2-4-10(9)12)13(18)11-8-19-14(15)16-11/h8-10,12H,2-7H2,1H3,(H2,15,16). The van der Waals surface area contributed by atoms with Gasteiger partial charge in [-0.15, -0.1) is 11.3 Å². The number of hydrogen-bond acceptors (Lipinski definition) is 4. The summed E-state index contributed by atoms with van der Waals surface area (Å²) in [5, 5.41) is 2.27. The second-order valence-electron chi connectivity index (χ2n) is 5.85. The lowest BCUT2D eigenvalue weighted by molar-refractivity contribution is 0.0214. The largest absolute Gasteiger partial charge is 0.375 e. The van der Waals surface area contributed by atoms with E-state index < -0.39 is 0 Å². The lowest BCUT2D eigenvalue weighted by Crippen LogP contribution is -2.52. The Morgan fingerprint density at radius 2 is 2.21 bits per heavy atom. The average molecular weight is 279 g/mol. The van der Waals surface area contributed by atoms with Crippen molar-refractivity contribution >= 4 is 22.4 Å². The predicted molar refractivity (Wildman–Crippen MR) is 77.1 cm³/mol. The molecule has 19 heavy (non-hydrogen) atoms. The van der Waals surface area contributed by atoms with Crippen molar-refractivity contribution in [2.75, 3.05) is 12.3 Å². The number of fused-ring (bicyclic) bond motifs is 1. The van der Waals surface area contributed by atoms with Gasteiger partial charge in [-0.25, -0.2) is 4.98 Å². The smallest absolute Gasteiger partial charge is 0.273 e. The van der Waals surface area contributed by atoms with Crippen LogP contribution in [-0.2, 0) is 0 Å². The van der Waals surface area contributed by atoms with Crippen molar-refractivity contribution in [3.8, 4) is 0 Å². The molecule has 2 heterocycles. The fraction of sp³-hybridized carbons (Fsp3) is 0.714. The first-order valence-corrected chi connectivity index (χ1v) is 8.06. The Balaban J connectivity index is 1.81. The predicted octanol–water partition coefficient (Wildman–Crippen LogP) is 2.77. The molecule has 0 radical (unpaired) electrons. The van der Waals surface area contributed by atoms with Crippen LogP contribution in [0, 0.1) is 11.8 Å². The van der Waals surface area contributed by atoms with Crippen LogP contribution in [-0.4, -0.2) is 28.4 Å². The number of carbonyl (C=O) groups is 1. The number of carbonyl (C=O) groups excluding carboxylic acids is 1. The molecule has 1 amide bonds. The van der Waals surface area contributed by atoms with Gasteiger partial charge in [0.25, 0.3) is 5.91 Å². The van der Waals surface area contributed by atoms with Crippen molar-refractivity contribution in [3.63, 3.8) is 0 Å². The number of amides is 1. The number of hydrogen-bond donors (Lipinski definition) is 1. The highest BCUT2D eigenvalue weighted by molar-refractivity contribution is 7.13. The van der Waals surface area contributed by atoms with Crippen LogP contribution in [0.25, 0.3) is 0 Å². The molecule has 104 valence electrons. The van der Waals surface area contributed by atoms with Crippen LogP contribution in [0.3, 0.4) is 0 Å². The fourth-order valence-electron chi connectivity index (χ4n) is 3.70. The van der Waals surface area contributed by atoms with Gasteiger partial charge in [-0.3, -0.25) is 4.79 Å². The van der Waals surface area contributed by atoms with Crippen LogP contribution in [0.5, 0.6) is 0 Å². The van der Waals surface area contributed by atoms with Gasteiger partial charge >= 0.3 is 0 Å². The van der Waals surface area contributed by atoms with E-state index in [1.807, 2.05) is 0 Å². The molecular formula is C14H21N3OS. The Hall–Kier alpha value is -1.10. The minimum Gasteiger partial charge on any atom is -0.375 e. The highest BCUT2D eigenvalue weighted by Crippen LogP contribution is 2.39. The minimum atomic E-state index is 0.0803. The number of aromatic nitrogens is 1. The molecule has 1 aliphatic heterocycles. The molecule has 1 saturated carbocycles. The number of thiazole rings is 1. The number of likely N-dealkylation sites (tertiary alicyclic amines) is 1. The number of piperidine rings is 1. The van der Waals surface area contributed by atoms with E-state index >= 15 is 0 Å². The quantitative estimate of drug-likeness (QED) is 0.860. The summed E-state index contributed by atoms with van der Waals surface area (Å²) in [7, 11) is 0. The molecule has 0 aromatic carbocycles. The maximum absolute atomic E-state index is 12.6. The van der Waals surface area contributed by atoms with Gasteiger partial charge in [0, 0.05) is 18.0 Å². The van der Waals surface area contributed by atoms with Gasteiger partial charge in [0.2, 0.25) is 0 Å². The Morgan fingerprint density at radius 1 is 1.42 bits per heavy atom. The molecule has 3 atom stereocenters. The SMILES string of the molecule is CC1CCN(C(=O)c2csc(N)n2)C2CCCCC12. The lowest BCUT2D eigenvalue weighted by atomic mass is 9.72. The fourth-order valence-corrected chi connectivity index (χ4v) is 4.24. The van der Waals surface area contributed by atoms with Gasteiger partial charge in [0.05, 0.1) is 0 Å². The molecule has 1 aromatic heterocycles. The molecule has 2 aliphatic rings. The first-order valence-electron chi connectivity index (χ1n) is 7.19. The van der Waals surface area contributed by atoms with E-state index in [0.717, 1.165) is 25.3 Å². The van der Waals surface area contributed by atoms with Crippen molar-refractivity contribution < 1.29 is 4.79 Å². The lowest BCUT2D eigenvalue weighted by Gasteiger charge is -2.47. The van der Waals surface area contributed by atoms with E-state index in [2.05, 4.69) is 16.8 Å². The second kappa shape index (κ2) is 5.12. The number of anilines is 1. The summed E-state index contributed by atoms with van der Waals surface area (Å²) in [5.74, 6) is 1.51. The number of nitrogens with zero attached hydrogens (tertiary/aromatic N) is 2. The van der Waals surface area contributed by atoms with Crippen LogP contribution in [0.4, 0.5) is 5.13 Å². The topological polar surface area (TPSA) is 59.2 Å². The number of rotatable bonds is 1. The molecule has 4 nitrogen and oxygen atoms in total. The molecule has 2 fully saturated rings. The zero-order valence-corrected chi connectivity index (χ0v) is 12.2. The van der Waals surface area contributed by atoms with Crippen molar-refractivity contribution in [2.45, 2.75) is 45.1 Å². The van der Waals surface area contributed by atoms with E-state index in [0.29, 0.717) is 22.8 Å². The minimum absolute atomic E-state index is 0.0803. The maximum atomic E-state index is 12.6. The van der Waals surface area contributed by atoms with Crippen LogP contribution in [0.15, 0.2) is 5.38 Å². The highest BCUT2D eigenvalue weighted by Gasteiger charge is 2.39. The second-order valence-corrected chi connectivity index (χ2v) is 6.74. The molecule has 1 saturated heterocycles. The Labute approximate surface area is 118 Å². The molecule has 3 unspecified atom stereocenters. The summed E-state index contributed by atoms with van der Waals surface area (Å²) in [4.78, 5) is 18.8. The summed E-state index contributed by atoms with van der Waals surface area (Å²) < 4.78 is 0. The normalized spacial score (nSPS) is 31.0. The van der Waals surface area contributed by atoms with Crippen molar-refractivity contribution in [2.24, 2.45) is 11.8 Å². The third-order valence-corrected chi connectivity index (χ3v) is 5.41. The highest BCUT2D eigenvalue weighted by atomic mass is 32.1. The molecule has 0 bridgehead atoms. The molecule has 1 aromatic rings. The summed E-state index contributed by atoms with van der Waals surface area (Å²) in [6.07, 6.45) is 6.11. The number of nitrogen functional groups attached to an aromatic ring is 1.